The topological polar surface area (TPSA) is 75.6 Å². The van der Waals surface area contributed by atoms with E-state index in [1.807, 2.05) is 12.1 Å². The zero-order chi connectivity index (χ0) is 19.6. The van der Waals surface area contributed by atoms with Gasteiger partial charge in [0, 0.05) is 6.54 Å². The number of hydrogen-bond donors (Lipinski definition) is 2. The zero-order valence-corrected chi connectivity index (χ0v) is 16.5. The van der Waals surface area contributed by atoms with Crippen LogP contribution in [0.1, 0.15) is 56.9 Å². The van der Waals surface area contributed by atoms with Gasteiger partial charge in [0.1, 0.15) is 5.75 Å². The Morgan fingerprint density at radius 3 is 2.29 bits per heavy atom. The van der Waals surface area contributed by atoms with Gasteiger partial charge in [-0.2, -0.15) is 0 Å². The normalized spacial score (nSPS) is 36.8. The number of aliphatic carboxylic acids is 1. The van der Waals surface area contributed by atoms with Crippen LogP contribution in [-0.2, 0) is 15.0 Å². The number of carboxylic acids is 1. The Kier molecular flexibility index (Phi) is 3.85. The summed E-state index contributed by atoms with van der Waals surface area (Å²) in [6, 6.07) is 8.43. The molecule has 0 aliphatic heterocycles. The molecular formula is C23H29NO4. The summed E-state index contributed by atoms with van der Waals surface area (Å²) >= 11 is 0. The summed E-state index contributed by atoms with van der Waals surface area (Å²) in [4.78, 5) is 24.8. The van der Waals surface area contributed by atoms with Crippen LogP contribution in [0.25, 0.3) is 0 Å². The lowest BCUT2D eigenvalue weighted by Gasteiger charge is -2.61. The van der Waals surface area contributed by atoms with Gasteiger partial charge in [0.25, 0.3) is 0 Å². The molecule has 6 rings (SSSR count). The summed E-state index contributed by atoms with van der Waals surface area (Å²) in [5, 5.41) is 12.5. The van der Waals surface area contributed by atoms with Crippen LogP contribution in [0.3, 0.4) is 0 Å². The Morgan fingerprint density at radius 1 is 1.11 bits per heavy atom. The molecular weight excluding hydrogens is 354 g/mol. The summed E-state index contributed by atoms with van der Waals surface area (Å²) < 4.78 is 5.32. The lowest BCUT2D eigenvalue weighted by atomic mass is 9.42. The highest BCUT2D eigenvalue weighted by Gasteiger charge is 2.61. The van der Waals surface area contributed by atoms with E-state index in [2.05, 4.69) is 17.4 Å². The highest BCUT2D eigenvalue weighted by Crippen LogP contribution is 2.66. The number of carbonyl (C=O) groups is 2. The van der Waals surface area contributed by atoms with Crippen LogP contribution in [0.5, 0.6) is 5.75 Å². The van der Waals surface area contributed by atoms with Crippen LogP contribution in [-0.4, -0.2) is 30.6 Å². The number of carboxylic acid groups (broad SMARTS) is 1. The molecule has 5 saturated carbocycles. The predicted molar refractivity (Wildman–Crippen MR) is 104 cm³/mol. The molecule has 28 heavy (non-hydrogen) atoms. The van der Waals surface area contributed by atoms with E-state index in [9.17, 15) is 14.7 Å². The van der Waals surface area contributed by atoms with Crippen molar-refractivity contribution in [2.75, 3.05) is 13.7 Å². The van der Waals surface area contributed by atoms with Gasteiger partial charge in [-0.3, -0.25) is 9.59 Å². The van der Waals surface area contributed by atoms with Gasteiger partial charge in [-0.15, -0.1) is 0 Å². The molecule has 150 valence electrons. The zero-order valence-electron chi connectivity index (χ0n) is 16.5. The van der Waals surface area contributed by atoms with Gasteiger partial charge in [0.15, 0.2) is 0 Å². The fourth-order valence-corrected chi connectivity index (χ4v) is 6.86. The molecule has 0 saturated heterocycles. The quantitative estimate of drug-likeness (QED) is 0.788. The van der Waals surface area contributed by atoms with Crippen molar-refractivity contribution in [1.82, 2.24) is 5.32 Å². The first-order valence-electron chi connectivity index (χ1n) is 10.6. The first-order valence-corrected chi connectivity index (χ1v) is 10.6. The van der Waals surface area contributed by atoms with E-state index in [-0.39, 0.29) is 23.3 Å². The summed E-state index contributed by atoms with van der Waals surface area (Å²) in [6.45, 7) is 0.286. The third-order valence-corrected chi connectivity index (χ3v) is 8.14. The molecule has 1 aromatic rings. The maximum atomic E-state index is 13.3. The Bertz CT molecular complexity index is 796. The highest BCUT2D eigenvalue weighted by molar-refractivity contribution is 5.85. The van der Waals surface area contributed by atoms with Gasteiger partial charge in [0.2, 0.25) is 5.91 Å². The number of hydrogen-bond acceptors (Lipinski definition) is 3. The first-order chi connectivity index (χ1) is 13.4. The average molecular weight is 383 g/mol. The number of ether oxygens (including phenoxy) is 1. The predicted octanol–water partition coefficient (Wildman–Crippen LogP) is 3.51. The minimum absolute atomic E-state index is 0.0811. The van der Waals surface area contributed by atoms with Gasteiger partial charge in [-0.1, -0.05) is 12.1 Å². The molecule has 4 bridgehead atoms. The van der Waals surface area contributed by atoms with Crippen LogP contribution >= 0.6 is 0 Å². The molecule has 2 N–H and O–H groups in total. The van der Waals surface area contributed by atoms with Gasteiger partial charge in [0.05, 0.1) is 17.9 Å². The molecule has 0 heterocycles. The van der Waals surface area contributed by atoms with E-state index in [0.29, 0.717) is 24.7 Å². The Labute approximate surface area is 165 Å². The molecule has 5 nitrogen and oxygen atoms in total. The smallest absolute Gasteiger partial charge is 0.311 e. The van der Waals surface area contributed by atoms with Crippen molar-refractivity contribution in [3.05, 3.63) is 29.8 Å². The number of rotatable bonds is 6. The minimum Gasteiger partial charge on any atom is -0.497 e. The summed E-state index contributed by atoms with van der Waals surface area (Å²) in [6.07, 6.45) is 7.76. The molecule has 5 fully saturated rings. The Morgan fingerprint density at radius 2 is 1.75 bits per heavy atom. The Hall–Kier alpha value is -2.04. The van der Waals surface area contributed by atoms with Gasteiger partial charge in [-0.25, -0.2) is 0 Å². The first kappa shape index (κ1) is 18.0. The molecule has 2 unspecified atom stereocenters. The van der Waals surface area contributed by atoms with Crippen molar-refractivity contribution < 1.29 is 19.4 Å². The number of benzene rings is 1. The van der Waals surface area contributed by atoms with E-state index in [0.717, 1.165) is 25.0 Å². The minimum atomic E-state index is -0.770. The third-order valence-electron chi connectivity index (χ3n) is 8.14. The van der Waals surface area contributed by atoms with Crippen molar-refractivity contribution >= 4 is 11.9 Å². The lowest BCUT2D eigenvalue weighted by Crippen LogP contribution is -2.59. The third kappa shape index (κ3) is 2.66. The molecule has 2 atom stereocenters. The molecule has 1 amide bonds. The van der Waals surface area contributed by atoms with E-state index in [1.165, 1.54) is 24.8 Å². The number of carbonyl (C=O) groups excluding carboxylic acids is 1. The van der Waals surface area contributed by atoms with E-state index in [4.69, 9.17) is 4.74 Å². The number of methoxy groups -OCH3 is 1. The van der Waals surface area contributed by atoms with Gasteiger partial charge in [-0.05, 0) is 86.3 Å². The fourth-order valence-electron chi connectivity index (χ4n) is 6.86. The largest absolute Gasteiger partial charge is 0.497 e. The maximum absolute atomic E-state index is 13.3. The van der Waals surface area contributed by atoms with Gasteiger partial charge < -0.3 is 15.2 Å². The maximum Gasteiger partial charge on any atom is 0.311 e. The second-order valence-corrected chi connectivity index (χ2v) is 10.0. The van der Waals surface area contributed by atoms with E-state index in [1.54, 1.807) is 7.11 Å². The van der Waals surface area contributed by atoms with Crippen LogP contribution in [0.4, 0.5) is 0 Å². The summed E-state index contributed by atoms with van der Waals surface area (Å²) in [5.74, 6) is 1.40. The van der Waals surface area contributed by atoms with Crippen molar-refractivity contribution in [2.45, 2.75) is 56.8 Å². The number of amides is 1. The van der Waals surface area contributed by atoms with Crippen LogP contribution < -0.4 is 10.1 Å². The van der Waals surface area contributed by atoms with Crippen molar-refractivity contribution in [1.29, 1.82) is 0 Å². The lowest BCUT2D eigenvalue weighted by molar-refractivity contribution is -0.150. The average Bonchev–Trinajstić information content (AvgIpc) is 3.46. The molecule has 1 aromatic carbocycles. The van der Waals surface area contributed by atoms with Crippen LogP contribution in [0.2, 0.25) is 0 Å². The van der Waals surface area contributed by atoms with Crippen LogP contribution in [0, 0.1) is 22.7 Å². The SMILES string of the molecule is COc1ccc(C23CC4CC(CC(C(=O)NCC5(C(=O)O)CC5)(C4)C2)C3)cc1. The summed E-state index contributed by atoms with van der Waals surface area (Å²) in [7, 11) is 1.68. The van der Waals surface area contributed by atoms with Crippen molar-refractivity contribution in [3.63, 3.8) is 0 Å². The number of nitrogens with one attached hydrogen (secondary N) is 1. The molecule has 5 heteroatoms. The van der Waals surface area contributed by atoms with Crippen molar-refractivity contribution in [3.8, 4) is 5.75 Å². The second-order valence-electron chi connectivity index (χ2n) is 10.0. The molecule has 0 spiro atoms. The summed E-state index contributed by atoms with van der Waals surface area (Å²) in [5.41, 5.74) is 0.394. The second kappa shape index (κ2) is 5.98. The molecule has 0 aromatic heterocycles. The molecule has 5 aliphatic carbocycles. The van der Waals surface area contributed by atoms with E-state index < -0.39 is 11.4 Å². The van der Waals surface area contributed by atoms with Crippen molar-refractivity contribution in [2.24, 2.45) is 22.7 Å². The fraction of sp³-hybridized carbons (Fsp3) is 0.652. The highest BCUT2D eigenvalue weighted by atomic mass is 16.5. The molecule has 5 aliphatic rings. The van der Waals surface area contributed by atoms with Gasteiger partial charge >= 0.3 is 5.97 Å². The molecule has 0 radical (unpaired) electrons. The monoisotopic (exact) mass is 383 g/mol. The van der Waals surface area contributed by atoms with Crippen LogP contribution in [0.15, 0.2) is 24.3 Å². The Balaban J connectivity index is 1.39. The standard InChI is InChI=1S/C23H29NO4/c1-28-18-4-2-17(3-5-18)22-9-15-8-16(10-22)12-23(11-15,13-22)19(25)24-14-21(6-7-21)20(26)27/h2-5,15-16H,6-14H2,1H3,(H,24,25)(H,26,27). The van der Waals surface area contributed by atoms with E-state index >= 15 is 0 Å².